The van der Waals surface area contributed by atoms with Crippen molar-refractivity contribution < 1.29 is 14.3 Å². The van der Waals surface area contributed by atoms with Crippen molar-refractivity contribution in [2.24, 2.45) is 5.41 Å². The number of ether oxygens (including phenoxy) is 1. The molecule has 1 spiro atoms. The number of hydrogen-bond donors (Lipinski definition) is 1. The largest absolute Gasteiger partial charge is 0.453 e. The fraction of sp³-hybridized carbons (Fsp3) is 0.429. The molecule has 1 saturated heterocycles. The quantitative estimate of drug-likeness (QED) is 0.771. The van der Waals surface area contributed by atoms with E-state index in [2.05, 4.69) is 5.32 Å². The van der Waals surface area contributed by atoms with Gasteiger partial charge in [0.2, 0.25) is 5.91 Å². The van der Waals surface area contributed by atoms with E-state index in [-0.39, 0.29) is 12.0 Å². The Kier molecular flexibility index (Phi) is 2.69. The van der Waals surface area contributed by atoms with E-state index in [0.29, 0.717) is 25.9 Å². The Morgan fingerprint density at radius 3 is 3.00 bits per heavy atom. The molecule has 100 valence electrons. The summed E-state index contributed by atoms with van der Waals surface area (Å²) in [7, 11) is 1.36. The zero-order chi connectivity index (χ0) is 13.5. The van der Waals surface area contributed by atoms with E-state index < -0.39 is 5.41 Å². The van der Waals surface area contributed by atoms with E-state index in [1.807, 2.05) is 24.3 Å². The predicted molar refractivity (Wildman–Crippen MR) is 69.8 cm³/mol. The molecule has 3 rings (SSSR count). The van der Waals surface area contributed by atoms with Crippen molar-refractivity contribution >= 4 is 17.7 Å². The zero-order valence-electron chi connectivity index (χ0n) is 10.8. The predicted octanol–water partition coefficient (Wildman–Crippen LogP) is 1.64. The first kappa shape index (κ1) is 12.0. The van der Waals surface area contributed by atoms with E-state index >= 15 is 0 Å². The van der Waals surface area contributed by atoms with E-state index in [1.54, 1.807) is 4.90 Å². The second-order valence-electron chi connectivity index (χ2n) is 5.21. The third-order valence-corrected chi connectivity index (χ3v) is 4.06. The maximum atomic E-state index is 12.3. The summed E-state index contributed by atoms with van der Waals surface area (Å²) in [4.78, 5) is 25.5. The van der Waals surface area contributed by atoms with Crippen LogP contribution in [0.4, 0.5) is 10.5 Å². The van der Waals surface area contributed by atoms with Crippen molar-refractivity contribution in [2.75, 3.05) is 25.5 Å². The molecule has 1 unspecified atom stereocenters. The van der Waals surface area contributed by atoms with Crippen molar-refractivity contribution in [3.05, 3.63) is 29.8 Å². The number of nitrogens with one attached hydrogen (secondary N) is 1. The SMILES string of the molecule is COC(=O)N1CCC2(Cc3ccccc3NC2=O)C1. The van der Waals surface area contributed by atoms with Gasteiger partial charge in [0.1, 0.15) is 0 Å². The number of likely N-dealkylation sites (tertiary alicyclic amines) is 1. The highest BCUT2D eigenvalue weighted by molar-refractivity contribution is 5.99. The average Bonchev–Trinajstić information content (AvgIpc) is 2.84. The number of carbonyl (C=O) groups excluding carboxylic acids is 2. The van der Waals surface area contributed by atoms with E-state index in [4.69, 9.17) is 4.74 Å². The van der Waals surface area contributed by atoms with Gasteiger partial charge in [-0.2, -0.15) is 0 Å². The Balaban J connectivity index is 1.87. The Morgan fingerprint density at radius 2 is 2.21 bits per heavy atom. The van der Waals surface area contributed by atoms with Crippen molar-refractivity contribution in [1.29, 1.82) is 0 Å². The highest BCUT2D eigenvalue weighted by Crippen LogP contribution is 2.40. The molecular weight excluding hydrogens is 244 g/mol. The Morgan fingerprint density at radius 1 is 1.42 bits per heavy atom. The molecule has 1 fully saturated rings. The lowest BCUT2D eigenvalue weighted by Crippen LogP contribution is -2.44. The molecule has 5 nitrogen and oxygen atoms in total. The molecule has 5 heteroatoms. The van der Waals surface area contributed by atoms with Gasteiger partial charge >= 0.3 is 6.09 Å². The number of amides is 2. The molecule has 2 aliphatic rings. The van der Waals surface area contributed by atoms with Crippen molar-refractivity contribution in [2.45, 2.75) is 12.8 Å². The minimum Gasteiger partial charge on any atom is -0.453 e. The third kappa shape index (κ3) is 1.85. The number of rotatable bonds is 0. The number of benzene rings is 1. The molecule has 2 aliphatic heterocycles. The summed E-state index contributed by atoms with van der Waals surface area (Å²) < 4.78 is 4.73. The molecule has 1 aromatic rings. The molecule has 1 N–H and O–H groups in total. The molecule has 1 atom stereocenters. The molecule has 1 aromatic carbocycles. The van der Waals surface area contributed by atoms with Crippen molar-refractivity contribution in [1.82, 2.24) is 4.90 Å². The summed E-state index contributed by atoms with van der Waals surface area (Å²) in [6, 6.07) is 7.81. The lowest BCUT2D eigenvalue weighted by atomic mass is 9.77. The highest BCUT2D eigenvalue weighted by Gasteiger charge is 2.48. The summed E-state index contributed by atoms with van der Waals surface area (Å²) in [6.07, 6.45) is 1.01. The van der Waals surface area contributed by atoms with Gasteiger partial charge in [-0.05, 0) is 24.5 Å². The maximum Gasteiger partial charge on any atom is 0.409 e. The van der Waals surface area contributed by atoms with Gasteiger partial charge in [0.15, 0.2) is 0 Å². The van der Waals surface area contributed by atoms with Crippen LogP contribution in [0, 0.1) is 5.41 Å². The first-order chi connectivity index (χ1) is 9.14. The van der Waals surface area contributed by atoms with E-state index in [0.717, 1.165) is 11.3 Å². The first-order valence-corrected chi connectivity index (χ1v) is 6.37. The number of carbonyl (C=O) groups is 2. The van der Waals surface area contributed by atoms with Gasteiger partial charge in [0.25, 0.3) is 0 Å². The summed E-state index contributed by atoms with van der Waals surface area (Å²) in [6.45, 7) is 1.00. The molecule has 0 radical (unpaired) electrons. The molecule has 19 heavy (non-hydrogen) atoms. The number of nitrogens with zero attached hydrogens (tertiary/aromatic N) is 1. The van der Waals surface area contributed by atoms with Crippen LogP contribution in [-0.2, 0) is 16.0 Å². The summed E-state index contributed by atoms with van der Waals surface area (Å²) in [5.74, 6) is 0.0117. The maximum absolute atomic E-state index is 12.3. The minimum atomic E-state index is -0.497. The van der Waals surface area contributed by atoms with Crippen molar-refractivity contribution in [3.63, 3.8) is 0 Å². The Hall–Kier alpha value is -2.04. The van der Waals surface area contributed by atoms with Gasteiger partial charge in [-0.15, -0.1) is 0 Å². The Labute approximate surface area is 111 Å². The van der Waals surface area contributed by atoms with Gasteiger partial charge in [-0.3, -0.25) is 4.79 Å². The highest BCUT2D eigenvalue weighted by atomic mass is 16.5. The van der Waals surface area contributed by atoms with Gasteiger partial charge < -0.3 is 15.0 Å². The first-order valence-electron chi connectivity index (χ1n) is 6.37. The van der Waals surface area contributed by atoms with Crippen LogP contribution in [0.15, 0.2) is 24.3 Å². The number of fused-ring (bicyclic) bond motifs is 1. The van der Waals surface area contributed by atoms with E-state index in [1.165, 1.54) is 7.11 Å². The summed E-state index contributed by atoms with van der Waals surface area (Å²) in [5, 5.41) is 2.95. The van der Waals surface area contributed by atoms with E-state index in [9.17, 15) is 9.59 Å². The molecule has 0 aromatic heterocycles. The van der Waals surface area contributed by atoms with Crippen LogP contribution in [-0.4, -0.2) is 37.1 Å². The van der Waals surface area contributed by atoms with Crippen LogP contribution in [0.1, 0.15) is 12.0 Å². The van der Waals surface area contributed by atoms with Gasteiger partial charge in [0.05, 0.1) is 12.5 Å². The number of para-hydroxylation sites is 1. The molecule has 0 bridgehead atoms. The monoisotopic (exact) mass is 260 g/mol. The minimum absolute atomic E-state index is 0.0117. The standard InChI is InChI=1S/C14H16N2O3/c1-19-13(18)16-7-6-14(9-16)8-10-4-2-3-5-11(10)15-12(14)17/h2-5H,6-9H2,1H3,(H,15,17). The van der Waals surface area contributed by atoms with Gasteiger partial charge in [-0.25, -0.2) is 4.79 Å². The van der Waals surface area contributed by atoms with Crippen LogP contribution >= 0.6 is 0 Å². The van der Waals surface area contributed by atoms with Crippen LogP contribution in [0.2, 0.25) is 0 Å². The van der Waals surface area contributed by atoms with Crippen molar-refractivity contribution in [3.8, 4) is 0 Å². The summed E-state index contributed by atoms with van der Waals surface area (Å²) >= 11 is 0. The zero-order valence-corrected chi connectivity index (χ0v) is 10.8. The molecular formula is C14H16N2O3. The number of hydrogen-bond acceptors (Lipinski definition) is 3. The number of anilines is 1. The Bertz CT molecular complexity index is 543. The smallest absolute Gasteiger partial charge is 0.409 e. The van der Waals surface area contributed by atoms with Gasteiger partial charge in [-0.1, -0.05) is 18.2 Å². The van der Waals surface area contributed by atoms with Crippen LogP contribution < -0.4 is 5.32 Å². The lowest BCUT2D eigenvalue weighted by Gasteiger charge is -2.33. The van der Waals surface area contributed by atoms with Crippen LogP contribution in [0.5, 0.6) is 0 Å². The molecule has 2 heterocycles. The molecule has 2 amide bonds. The third-order valence-electron chi connectivity index (χ3n) is 4.06. The lowest BCUT2D eigenvalue weighted by molar-refractivity contribution is -0.125. The second-order valence-corrected chi connectivity index (χ2v) is 5.21. The van der Waals surface area contributed by atoms with Gasteiger partial charge in [0, 0.05) is 18.8 Å². The van der Waals surface area contributed by atoms with Crippen LogP contribution in [0.3, 0.4) is 0 Å². The van der Waals surface area contributed by atoms with Crippen LogP contribution in [0.25, 0.3) is 0 Å². The fourth-order valence-electron chi connectivity index (χ4n) is 2.98. The molecule has 0 saturated carbocycles. The normalized spacial score (nSPS) is 25.1. The molecule has 0 aliphatic carbocycles. The second kappa shape index (κ2) is 4.26. The summed E-state index contributed by atoms with van der Waals surface area (Å²) in [5.41, 5.74) is 1.52. The topological polar surface area (TPSA) is 58.6 Å². The number of methoxy groups -OCH3 is 1. The average molecular weight is 260 g/mol. The fourth-order valence-corrected chi connectivity index (χ4v) is 2.98.